The van der Waals surface area contributed by atoms with Crippen molar-refractivity contribution in [1.29, 1.82) is 0 Å². The van der Waals surface area contributed by atoms with Gasteiger partial charge in [0.1, 0.15) is 0 Å². The third kappa shape index (κ3) is 2.55. The molecule has 1 saturated carbocycles. The molecule has 0 saturated heterocycles. The Hall–Kier alpha value is -0.850. The highest BCUT2D eigenvalue weighted by atomic mass is 14.7. The van der Waals surface area contributed by atoms with Crippen molar-refractivity contribution in [2.45, 2.75) is 40.0 Å². The van der Waals surface area contributed by atoms with E-state index in [-0.39, 0.29) is 0 Å². The van der Waals surface area contributed by atoms with Gasteiger partial charge in [0.15, 0.2) is 0 Å². The van der Waals surface area contributed by atoms with Gasteiger partial charge in [-0.05, 0) is 31.8 Å². The molecule has 1 nitrogen and oxygen atoms in total. The van der Waals surface area contributed by atoms with Gasteiger partial charge in [0, 0.05) is 5.71 Å². The number of hydrogen-bond donors (Lipinski definition) is 0. The lowest BCUT2D eigenvalue weighted by Gasteiger charge is -1.94. The smallest absolute Gasteiger partial charge is 0.0603 e. The van der Waals surface area contributed by atoms with Crippen LogP contribution in [0.25, 0.3) is 0 Å². The summed E-state index contributed by atoms with van der Waals surface area (Å²) in [5, 5.41) is 0. The van der Waals surface area contributed by atoms with Crippen LogP contribution in [0.1, 0.15) is 40.0 Å². The molecule has 0 radical (unpaired) electrons. The van der Waals surface area contributed by atoms with E-state index in [2.05, 4.69) is 24.1 Å². The summed E-state index contributed by atoms with van der Waals surface area (Å²) in [6.07, 6.45) is 8.19. The topological polar surface area (TPSA) is 12.4 Å². The van der Waals surface area contributed by atoms with Gasteiger partial charge < -0.3 is 0 Å². The third-order valence-electron chi connectivity index (χ3n) is 2.32. The minimum Gasteiger partial charge on any atom is -0.285 e. The number of hydrogen-bond acceptors (Lipinski definition) is 1. The van der Waals surface area contributed by atoms with Crippen LogP contribution < -0.4 is 0 Å². The third-order valence-corrected chi connectivity index (χ3v) is 2.32. The zero-order valence-electron chi connectivity index (χ0n) is 8.93. The molecule has 0 bridgehead atoms. The number of nitrogens with zero attached hydrogens (tertiary/aromatic N) is 1. The minimum atomic E-state index is 0.912. The summed E-state index contributed by atoms with van der Waals surface area (Å²) in [5.74, 6) is 0. The lowest BCUT2D eigenvalue weighted by Crippen LogP contribution is -1.93. The predicted molar refractivity (Wildman–Crippen MR) is 59.3 cm³/mol. The van der Waals surface area contributed by atoms with Gasteiger partial charge in [0.2, 0.25) is 0 Å². The molecular weight excluding hydrogens is 158 g/mol. The fourth-order valence-electron chi connectivity index (χ4n) is 1.63. The lowest BCUT2D eigenvalue weighted by atomic mass is 10.2. The monoisotopic (exact) mass is 177 g/mol. The van der Waals surface area contributed by atoms with Crippen LogP contribution in [-0.4, -0.2) is 12.3 Å². The van der Waals surface area contributed by atoms with Crippen molar-refractivity contribution in [2.24, 2.45) is 4.99 Å². The summed E-state index contributed by atoms with van der Waals surface area (Å²) < 4.78 is 0. The second kappa shape index (κ2) is 5.00. The van der Waals surface area contributed by atoms with E-state index in [0.717, 1.165) is 6.54 Å². The fraction of sp³-hybridized carbons (Fsp3) is 0.583. The van der Waals surface area contributed by atoms with Crippen molar-refractivity contribution in [3.8, 4) is 0 Å². The summed E-state index contributed by atoms with van der Waals surface area (Å²) in [6.45, 7) is 7.05. The van der Waals surface area contributed by atoms with Crippen LogP contribution in [0.5, 0.6) is 0 Å². The van der Waals surface area contributed by atoms with E-state index in [1.807, 2.05) is 13.8 Å². The Morgan fingerprint density at radius 1 is 1.15 bits per heavy atom. The predicted octanol–water partition coefficient (Wildman–Crippen LogP) is 3.52. The highest BCUT2D eigenvalue weighted by Crippen LogP contribution is 2.23. The zero-order valence-corrected chi connectivity index (χ0v) is 8.93. The number of fused-ring (bicyclic) bond motifs is 1. The maximum Gasteiger partial charge on any atom is 0.0603 e. The van der Waals surface area contributed by atoms with Crippen LogP contribution in [0.4, 0.5) is 0 Å². The van der Waals surface area contributed by atoms with Gasteiger partial charge in [-0.1, -0.05) is 31.6 Å². The molecule has 72 valence electrons. The standard InChI is InChI=1S/C10H13N.C2H6/c1-8-5-6-9-3-2-4-10(9)11-7-8;1-2/h5-6H,2-4,7H2,1H3;1-2H3. The molecule has 2 aliphatic rings. The van der Waals surface area contributed by atoms with Crippen molar-refractivity contribution in [1.82, 2.24) is 0 Å². The van der Waals surface area contributed by atoms with Crippen molar-refractivity contribution in [3.63, 3.8) is 0 Å². The Bertz CT molecular complexity index is 256. The summed E-state index contributed by atoms with van der Waals surface area (Å²) in [5.41, 5.74) is 4.21. The van der Waals surface area contributed by atoms with E-state index in [9.17, 15) is 0 Å². The van der Waals surface area contributed by atoms with E-state index in [0.29, 0.717) is 0 Å². The molecular formula is C12H19N. The second-order valence-corrected chi connectivity index (χ2v) is 3.32. The van der Waals surface area contributed by atoms with Crippen molar-refractivity contribution >= 4 is 5.71 Å². The first-order chi connectivity index (χ1) is 6.36. The molecule has 1 fully saturated rings. The van der Waals surface area contributed by atoms with E-state index in [1.54, 1.807) is 0 Å². The van der Waals surface area contributed by atoms with Gasteiger partial charge in [-0.3, -0.25) is 4.99 Å². The highest BCUT2D eigenvalue weighted by molar-refractivity contribution is 6.02. The first kappa shape index (κ1) is 10.2. The molecule has 1 heterocycles. The normalized spacial score (nSPS) is 20.1. The first-order valence-electron chi connectivity index (χ1n) is 5.26. The molecule has 1 aliphatic carbocycles. The first-order valence-corrected chi connectivity index (χ1v) is 5.26. The summed E-state index contributed by atoms with van der Waals surface area (Å²) in [4.78, 5) is 4.55. The zero-order chi connectivity index (χ0) is 9.68. The number of allylic oxidation sites excluding steroid dienone is 3. The number of rotatable bonds is 0. The van der Waals surface area contributed by atoms with Gasteiger partial charge in [0.25, 0.3) is 0 Å². The SMILES string of the molecule is CC.CC1=CC=C2CCCC2=NC1. The molecule has 1 heteroatoms. The van der Waals surface area contributed by atoms with Gasteiger partial charge in [-0.2, -0.15) is 0 Å². The van der Waals surface area contributed by atoms with Gasteiger partial charge >= 0.3 is 0 Å². The van der Waals surface area contributed by atoms with Crippen molar-refractivity contribution < 1.29 is 0 Å². The Labute approximate surface area is 81.3 Å². The maximum absolute atomic E-state index is 4.55. The maximum atomic E-state index is 4.55. The van der Waals surface area contributed by atoms with Crippen LogP contribution in [0.15, 0.2) is 28.3 Å². The Kier molecular flexibility index (Phi) is 3.94. The summed E-state index contributed by atoms with van der Waals surface area (Å²) in [7, 11) is 0. The van der Waals surface area contributed by atoms with E-state index >= 15 is 0 Å². The van der Waals surface area contributed by atoms with Crippen molar-refractivity contribution in [2.75, 3.05) is 6.54 Å². The van der Waals surface area contributed by atoms with Crippen molar-refractivity contribution in [3.05, 3.63) is 23.3 Å². The van der Waals surface area contributed by atoms with Crippen LogP contribution in [0.3, 0.4) is 0 Å². The average Bonchev–Trinajstić information content (AvgIpc) is 2.56. The molecule has 0 amide bonds. The second-order valence-electron chi connectivity index (χ2n) is 3.32. The van der Waals surface area contributed by atoms with E-state index < -0.39 is 0 Å². The minimum absolute atomic E-state index is 0.912. The molecule has 0 aromatic rings. The lowest BCUT2D eigenvalue weighted by molar-refractivity contribution is 0.943. The van der Waals surface area contributed by atoms with E-state index in [1.165, 1.54) is 36.1 Å². The molecule has 0 atom stereocenters. The Balaban J connectivity index is 0.000000396. The van der Waals surface area contributed by atoms with Crippen LogP contribution in [0, 0.1) is 0 Å². The highest BCUT2D eigenvalue weighted by Gasteiger charge is 2.15. The molecule has 1 aliphatic heterocycles. The van der Waals surface area contributed by atoms with Crippen LogP contribution in [0.2, 0.25) is 0 Å². The van der Waals surface area contributed by atoms with E-state index in [4.69, 9.17) is 0 Å². The molecule has 0 N–H and O–H groups in total. The Morgan fingerprint density at radius 3 is 2.69 bits per heavy atom. The molecule has 0 aromatic heterocycles. The average molecular weight is 177 g/mol. The largest absolute Gasteiger partial charge is 0.285 e. The molecule has 2 rings (SSSR count). The van der Waals surface area contributed by atoms with Gasteiger partial charge in [-0.25, -0.2) is 0 Å². The molecule has 0 spiro atoms. The van der Waals surface area contributed by atoms with Crippen LogP contribution >= 0.6 is 0 Å². The summed E-state index contributed by atoms with van der Waals surface area (Å²) >= 11 is 0. The molecule has 13 heavy (non-hydrogen) atoms. The molecule has 0 unspecified atom stereocenters. The quantitative estimate of drug-likeness (QED) is 0.537. The Morgan fingerprint density at radius 2 is 1.92 bits per heavy atom. The van der Waals surface area contributed by atoms with Crippen LogP contribution in [-0.2, 0) is 0 Å². The summed E-state index contributed by atoms with van der Waals surface area (Å²) in [6, 6.07) is 0. The van der Waals surface area contributed by atoms with Gasteiger partial charge in [-0.15, -0.1) is 0 Å². The molecule has 0 aromatic carbocycles. The van der Waals surface area contributed by atoms with Gasteiger partial charge in [0.05, 0.1) is 6.54 Å². The fourth-order valence-corrected chi connectivity index (χ4v) is 1.63. The number of aliphatic imine (C=N–C) groups is 1.